The van der Waals surface area contributed by atoms with Gasteiger partial charge in [-0.1, -0.05) is 30.7 Å². The third-order valence-electron chi connectivity index (χ3n) is 8.13. The number of anilines is 1. The second-order valence-electron chi connectivity index (χ2n) is 10.3. The fourth-order valence-corrected chi connectivity index (χ4v) is 5.91. The summed E-state index contributed by atoms with van der Waals surface area (Å²) in [7, 11) is 0. The molecule has 2 aromatic rings. The van der Waals surface area contributed by atoms with E-state index in [0.29, 0.717) is 19.5 Å². The minimum absolute atomic E-state index is 0.0105. The Balaban J connectivity index is 1.15. The van der Waals surface area contributed by atoms with Crippen molar-refractivity contribution >= 4 is 17.5 Å². The lowest BCUT2D eigenvalue weighted by Gasteiger charge is -2.38. The molecule has 4 atom stereocenters. The average molecular weight is 477 g/mol. The Labute approximate surface area is 205 Å². The number of fused-ring (bicyclic) bond motifs is 4. The lowest BCUT2D eigenvalue weighted by molar-refractivity contribution is -0.149. The maximum Gasteiger partial charge on any atom is 0.227 e. The molecule has 0 radical (unpaired) electrons. The van der Waals surface area contributed by atoms with Crippen LogP contribution < -0.4 is 10.1 Å². The zero-order valence-corrected chi connectivity index (χ0v) is 19.8. The van der Waals surface area contributed by atoms with Crippen LogP contribution in [-0.2, 0) is 27.3 Å². The summed E-state index contributed by atoms with van der Waals surface area (Å²) in [5.41, 5.74) is 4.32. The Bertz CT molecular complexity index is 1130. The van der Waals surface area contributed by atoms with Crippen molar-refractivity contribution in [2.24, 2.45) is 5.92 Å². The molecule has 0 aromatic heterocycles. The Hall–Kier alpha value is -2.90. The van der Waals surface area contributed by atoms with E-state index < -0.39 is 6.10 Å². The largest absolute Gasteiger partial charge is 0.487 e. The van der Waals surface area contributed by atoms with Gasteiger partial charge >= 0.3 is 0 Å². The highest BCUT2D eigenvalue weighted by Gasteiger charge is 2.46. The summed E-state index contributed by atoms with van der Waals surface area (Å²) >= 11 is 0. The van der Waals surface area contributed by atoms with E-state index in [9.17, 15) is 14.7 Å². The summed E-state index contributed by atoms with van der Waals surface area (Å²) in [5, 5.41) is 13.1. The topological polar surface area (TPSA) is 88.1 Å². The molecule has 35 heavy (non-hydrogen) atoms. The van der Waals surface area contributed by atoms with Crippen molar-refractivity contribution in [3.8, 4) is 5.75 Å². The van der Waals surface area contributed by atoms with Gasteiger partial charge in [-0.2, -0.15) is 0 Å². The van der Waals surface area contributed by atoms with Gasteiger partial charge in [-0.3, -0.25) is 9.59 Å². The van der Waals surface area contributed by atoms with Crippen molar-refractivity contribution in [2.75, 3.05) is 18.5 Å². The Morgan fingerprint density at radius 3 is 2.71 bits per heavy atom. The molecule has 0 unspecified atom stereocenters. The van der Waals surface area contributed by atoms with Gasteiger partial charge in [-0.25, -0.2) is 0 Å². The van der Waals surface area contributed by atoms with Gasteiger partial charge in [0.05, 0.1) is 19.1 Å². The van der Waals surface area contributed by atoms with E-state index in [1.807, 2.05) is 35.2 Å². The molecule has 4 aliphatic rings. The van der Waals surface area contributed by atoms with Crippen LogP contribution in [0.5, 0.6) is 5.75 Å². The number of aliphatic hydroxyl groups excluding tert-OH is 1. The molecule has 2 fully saturated rings. The highest BCUT2D eigenvalue weighted by atomic mass is 16.6. The average Bonchev–Trinajstić information content (AvgIpc) is 3.20. The van der Waals surface area contributed by atoms with E-state index in [4.69, 9.17) is 9.47 Å². The molecule has 0 bridgehead atoms. The number of carbonyl (C=O) groups is 2. The second kappa shape index (κ2) is 9.28. The Morgan fingerprint density at radius 1 is 1.11 bits per heavy atom. The van der Waals surface area contributed by atoms with Crippen molar-refractivity contribution in [2.45, 2.75) is 69.3 Å². The fraction of sp³-hybridized carbons (Fsp3) is 0.500. The second-order valence-corrected chi connectivity index (χ2v) is 10.3. The van der Waals surface area contributed by atoms with E-state index in [1.165, 1.54) is 11.1 Å². The van der Waals surface area contributed by atoms with Crippen LogP contribution in [-0.4, -0.2) is 53.3 Å². The van der Waals surface area contributed by atoms with Crippen LogP contribution in [0.25, 0.3) is 0 Å². The molecule has 2 N–H and O–H groups in total. The first-order valence-electron chi connectivity index (χ1n) is 12.8. The zero-order valence-electron chi connectivity index (χ0n) is 19.8. The lowest BCUT2D eigenvalue weighted by Crippen LogP contribution is -2.48. The van der Waals surface area contributed by atoms with E-state index in [1.54, 1.807) is 0 Å². The van der Waals surface area contributed by atoms with E-state index in [2.05, 4.69) is 17.4 Å². The van der Waals surface area contributed by atoms with Gasteiger partial charge in [0.25, 0.3) is 0 Å². The van der Waals surface area contributed by atoms with Crippen LogP contribution in [0.4, 0.5) is 5.69 Å². The highest BCUT2D eigenvalue weighted by molar-refractivity contribution is 5.93. The van der Waals surface area contributed by atoms with Crippen molar-refractivity contribution < 1.29 is 24.2 Å². The van der Waals surface area contributed by atoms with Crippen LogP contribution >= 0.6 is 0 Å². The first-order chi connectivity index (χ1) is 17.1. The number of aliphatic hydroxyl groups is 1. The number of nitrogens with one attached hydrogen (secondary N) is 1. The number of nitrogens with zero attached hydrogens (tertiary/aromatic N) is 1. The Morgan fingerprint density at radius 2 is 1.94 bits per heavy atom. The number of carbonyl (C=O) groups excluding carboxylic acids is 2. The number of benzene rings is 2. The standard InChI is InChI=1S/C28H32N2O5/c31-16-25-27-23(22-12-20(8-9-24(22)35-27)29-28(33)18-6-3-7-18)13-21(34-25)14-26(32)30-11-10-17-4-1-2-5-19(17)15-30/h1-2,4-5,8-9,12,18,21,23,25,27,31H,3,6-7,10-11,13-16H2,(H,29,33)/t21-,23+,25-,27-/m0/s1. The SMILES string of the molecule is O=C(Nc1ccc2c(c1)[C@H]1C[C@@H](CC(=O)N3CCc4ccccc4C3)O[C@@H](CO)[C@H]1O2)C1CCC1. The number of hydrogen-bond acceptors (Lipinski definition) is 5. The molecule has 7 heteroatoms. The predicted molar refractivity (Wildman–Crippen MR) is 130 cm³/mol. The van der Waals surface area contributed by atoms with Crippen LogP contribution in [0, 0.1) is 5.92 Å². The monoisotopic (exact) mass is 476 g/mol. The van der Waals surface area contributed by atoms with Crippen molar-refractivity contribution in [3.63, 3.8) is 0 Å². The summed E-state index contributed by atoms with van der Waals surface area (Å²) in [6.07, 6.45) is 3.76. The maximum absolute atomic E-state index is 13.2. The highest BCUT2D eigenvalue weighted by Crippen LogP contribution is 2.47. The quantitative estimate of drug-likeness (QED) is 0.691. The Kier molecular flexibility index (Phi) is 5.98. The zero-order chi connectivity index (χ0) is 23.9. The van der Waals surface area contributed by atoms with Crippen molar-refractivity contribution in [1.82, 2.24) is 4.90 Å². The molecule has 2 aromatic carbocycles. The van der Waals surface area contributed by atoms with E-state index in [0.717, 1.165) is 42.7 Å². The fourth-order valence-electron chi connectivity index (χ4n) is 5.91. The molecule has 7 nitrogen and oxygen atoms in total. The minimum Gasteiger partial charge on any atom is -0.487 e. The summed E-state index contributed by atoms with van der Waals surface area (Å²) in [5.74, 6) is 1.06. The van der Waals surface area contributed by atoms with Gasteiger partial charge in [0.2, 0.25) is 11.8 Å². The van der Waals surface area contributed by atoms with Crippen LogP contribution in [0.15, 0.2) is 42.5 Å². The molecule has 3 aliphatic heterocycles. The van der Waals surface area contributed by atoms with Crippen molar-refractivity contribution in [3.05, 3.63) is 59.2 Å². The normalized spacial score (nSPS) is 27.2. The number of ether oxygens (including phenoxy) is 2. The van der Waals surface area contributed by atoms with Gasteiger partial charge < -0.3 is 24.8 Å². The molecule has 1 saturated carbocycles. The third kappa shape index (κ3) is 4.32. The molecule has 184 valence electrons. The van der Waals surface area contributed by atoms with Gasteiger partial charge in [-0.05, 0) is 55.0 Å². The third-order valence-corrected chi connectivity index (χ3v) is 8.13. The molecule has 1 saturated heterocycles. The summed E-state index contributed by atoms with van der Waals surface area (Å²) in [6, 6.07) is 14.0. The molecule has 0 spiro atoms. The molecule has 1 aliphatic carbocycles. The summed E-state index contributed by atoms with van der Waals surface area (Å²) in [4.78, 5) is 27.5. The summed E-state index contributed by atoms with van der Waals surface area (Å²) < 4.78 is 12.3. The predicted octanol–water partition coefficient (Wildman–Crippen LogP) is 3.39. The maximum atomic E-state index is 13.2. The first-order valence-corrected chi connectivity index (χ1v) is 12.8. The smallest absolute Gasteiger partial charge is 0.227 e. The molecular formula is C28H32N2O5. The van der Waals surface area contributed by atoms with Gasteiger partial charge in [0.15, 0.2) is 0 Å². The van der Waals surface area contributed by atoms with Gasteiger partial charge in [0.1, 0.15) is 18.0 Å². The van der Waals surface area contributed by atoms with Gasteiger partial charge in [-0.15, -0.1) is 0 Å². The van der Waals surface area contributed by atoms with E-state index in [-0.39, 0.29) is 48.9 Å². The number of hydrogen-bond donors (Lipinski definition) is 2. The first kappa shape index (κ1) is 22.6. The van der Waals surface area contributed by atoms with E-state index >= 15 is 0 Å². The van der Waals surface area contributed by atoms with Crippen LogP contribution in [0.2, 0.25) is 0 Å². The van der Waals surface area contributed by atoms with Crippen LogP contribution in [0.3, 0.4) is 0 Å². The summed E-state index contributed by atoms with van der Waals surface area (Å²) in [6.45, 7) is 1.18. The molecular weight excluding hydrogens is 444 g/mol. The van der Waals surface area contributed by atoms with Gasteiger partial charge in [0, 0.05) is 36.2 Å². The lowest BCUT2D eigenvalue weighted by atomic mass is 9.83. The van der Waals surface area contributed by atoms with Crippen LogP contribution in [0.1, 0.15) is 54.7 Å². The van der Waals surface area contributed by atoms with Crippen molar-refractivity contribution in [1.29, 1.82) is 0 Å². The number of rotatable bonds is 5. The minimum atomic E-state index is -0.492. The molecule has 3 heterocycles. The number of amides is 2. The molecule has 6 rings (SSSR count). The molecule has 2 amide bonds.